The maximum absolute atomic E-state index is 6.26. The average molecular weight is 318 g/mol. The summed E-state index contributed by atoms with van der Waals surface area (Å²) in [5, 5.41) is 4.18. The molecule has 0 aromatic carbocycles. The quantitative estimate of drug-likeness (QED) is 0.790. The molecule has 0 aliphatic carbocycles. The van der Waals surface area contributed by atoms with Gasteiger partial charge in [-0.25, -0.2) is 14.6 Å². The maximum Gasteiger partial charge on any atom is 0.181 e. The lowest BCUT2D eigenvalue weighted by Gasteiger charge is -2.33. The molecule has 2 aromatic heterocycles. The van der Waals surface area contributed by atoms with Crippen LogP contribution in [0.1, 0.15) is 12.8 Å². The molecule has 0 saturated carbocycles. The highest BCUT2D eigenvalue weighted by Gasteiger charge is 2.23. The third-order valence-corrected chi connectivity index (χ3v) is 3.95. The van der Waals surface area contributed by atoms with Crippen molar-refractivity contribution < 1.29 is 9.47 Å². The van der Waals surface area contributed by atoms with Crippen molar-refractivity contribution in [2.24, 2.45) is 0 Å². The second-order valence-electron chi connectivity index (χ2n) is 5.44. The molecule has 124 valence electrons. The second kappa shape index (κ2) is 7.38. The van der Waals surface area contributed by atoms with Crippen LogP contribution in [0.2, 0.25) is 0 Å². The van der Waals surface area contributed by atoms with Crippen LogP contribution in [0.15, 0.2) is 24.8 Å². The molecule has 1 aliphatic rings. The zero-order chi connectivity index (χ0) is 16.1. The van der Waals surface area contributed by atoms with Gasteiger partial charge >= 0.3 is 0 Å². The first-order chi connectivity index (χ1) is 11.3. The summed E-state index contributed by atoms with van der Waals surface area (Å²) >= 11 is 0. The van der Waals surface area contributed by atoms with Crippen LogP contribution in [-0.4, -0.2) is 59.3 Å². The highest BCUT2D eigenvalue weighted by molar-refractivity contribution is 5.70. The van der Waals surface area contributed by atoms with Crippen LogP contribution < -0.4 is 10.6 Å². The Hall–Kier alpha value is -2.19. The molecule has 2 aromatic rings. The van der Waals surface area contributed by atoms with Gasteiger partial charge in [0.2, 0.25) is 0 Å². The Labute approximate surface area is 135 Å². The molecule has 0 bridgehead atoms. The Morgan fingerprint density at radius 1 is 1.22 bits per heavy atom. The minimum absolute atomic E-state index is 0.273. The van der Waals surface area contributed by atoms with Crippen molar-refractivity contribution in [3.63, 3.8) is 0 Å². The fourth-order valence-corrected chi connectivity index (χ4v) is 2.74. The first-order valence-electron chi connectivity index (χ1n) is 7.75. The molecule has 0 unspecified atom stereocenters. The number of hydrogen-bond donors (Lipinski definition) is 1. The molecule has 1 fully saturated rings. The molecule has 8 nitrogen and oxygen atoms in total. The minimum atomic E-state index is 0.273. The van der Waals surface area contributed by atoms with Gasteiger partial charge in [-0.1, -0.05) is 0 Å². The molecule has 0 amide bonds. The first kappa shape index (κ1) is 15.7. The van der Waals surface area contributed by atoms with Crippen molar-refractivity contribution >= 4 is 11.5 Å². The number of methoxy groups -OCH3 is 1. The predicted molar refractivity (Wildman–Crippen MR) is 86.6 cm³/mol. The smallest absolute Gasteiger partial charge is 0.181 e. The average Bonchev–Trinajstić information content (AvgIpc) is 3.10. The monoisotopic (exact) mass is 318 g/mol. The van der Waals surface area contributed by atoms with Crippen molar-refractivity contribution in [2.45, 2.75) is 18.9 Å². The van der Waals surface area contributed by atoms with Crippen molar-refractivity contribution in [3.05, 3.63) is 24.8 Å². The molecule has 23 heavy (non-hydrogen) atoms. The van der Waals surface area contributed by atoms with Gasteiger partial charge in [0.1, 0.15) is 12.0 Å². The van der Waals surface area contributed by atoms with Crippen molar-refractivity contribution in [1.82, 2.24) is 19.7 Å². The van der Waals surface area contributed by atoms with Crippen LogP contribution >= 0.6 is 0 Å². The number of nitrogen functional groups attached to an aromatic ring is 1. The van der Waals surface area contributed by atoms with Crippen molar-refractivity contribution in [3.8, 4) is 5.82 Å². The van der Waals surface area contributed by atoms with Gasteiger partial charge in [0.25, 0.3) is 0 Å². The molecule has 0 spiro atoms. The van der Waals surface area contributed by atoms with Crippen molar-refractivity contribution in [2.75, 3.05) is 44.0 Å². The van der Waals surface area contributed by atoms with E-state index in [-0.39, 0.29) is 6.10 Å². The molecular weight excluding hydrogens is 296 g/mol. The zero-order valence-corrected chi connectivity index (χ0v) is 13.3. The van der Waals surface area contributed by atoms with Crippen LogP contribution in [0.3, 0.4) is 0 Å². The number of hydrogen-bond acceptors (Lipinski definition) is 7. The lowest BCUT2D eigenvalue weighted by Crippen LogP contribution is -2.38. The highest BCUT2D eigenvalue weighted by atomic mass is 16.5. The van der Waals surface area contributed by atoms with Crippen molar-refractivity contribution in [1.29, 1.82) is 0 Å². The van der Waals surface area contributed by atoms with E-state index in [9.17, 15) is 0 Å². The normalized spacial score (nSPS) is 16.0. The third kappa shape index (κ3) is 3.59. The fourth-order valence-electron chi connectivity index (χ4n) is 2.74. The topological polar surface area (TPSA) is 91.3 Å². The summed E-state index contributed by atoms with van der Waals surface area (Å²) in [6, 6.07) is 1.84. The number of ether oxygens (including phenoxy) is 2. The first-order valence-corrected chi connectivity index (χ1v) is 7.75. The molecule has 0 radical (unpaired) electrons. The van der Waals surface area contributed by atoms with Gasteiger partial charge in [-0.15, -0.1) is 0 Å². The van der Waals surface area contributed by atoms with E-state index in [1.807, 2.05) is 12.3 Å². The van der Waals surface area contributed by atoms with Gasteiger partial charge in [-0.3, -0.25) is 0 Å². The van der Waals surface area contributed by atoms with E-state index < -0.39 is 0 Å². The number of rotatable bonds is 6. The molecular formula is C15H22N6O2. The molecule has 1 aliphatic heterocycles. The summed E-state index contributed by atoms with van der Waals surface area (Å²) in [5.41, 5.74) is 6.81. The Balaban J connectivity index is 1.66. The van der Waals surface area contributed by atoms with Crippen LogP contribution in [0.5, 0.6) is 0 Å². The van der Waals surface area contributed by atoms with Crippen LogP contribution in [0, 0.1) is 0 Å². The standard InChI is InChI=1S/C15H22N6O2/c1-22-9-10-23-12-3-7-20(8-4-12)14-13(16)15(18-11-17-14)21-6-2-5-19-21/h2,5-6,11-12H,3-4,7-10,16H2,1H3. The molecule has 0 atom stereocenters. The van der Waals surface area contributed by atoms with E-state index in [0.29, 0.717) is 24.7 Å². The van der Waals surface area contributed by atoms with Crippen LogP contribution in [-0.2, 0) is 9.47 Å². The highest BCUT2D eigenvalue weighted by Crippen LogP contribution is 2.27. The molecule has 8 heteroatoms. The van der Waals surface area contributed by atoms with Gasteiger partial charge in [-0.05, 0) is 18.9 Å². The van der Waals surface area contributed by atoms with Gasteiger partial charge in [0.15, 0.2) is 11.6 Å². The van der Waals surface area contributed by atoms with E-state index in [2.05, 4.69) is 20.0 Å². The Morgan fingerprint density at radius 2 is 2.00 bits per heavy atom. The number of anilines is 2. The second-order valence-corrected chi connectivity index (χ2v) is 5.44. The summed E-state index contributed by atoms with van der Waals surface area (Å²) in [6.07, 6.45) is 7.22. The van der Waals surface area contributed by atoms with Crippen LogP contribution in [0.4, 0.5) is 11.5 Å². The Morgan fingerprint density at radius 3 is 2.70 bits per heavy atom. The summed E-state index contributed by atoms with van der Waals surface area (Å²) < 4.78 is 12.5. The summed E-state index contributed by atoms with van der Waals surface area (Å²) in [7, 11) is 1.68. The Kier molecular flexibility index (Phi) is 5.04. The van der Waals surface area contributed by atoms with E-state index in [0.717, 1.165) is 31.7 Å². The van der Waals surface area contributed by atoms with Gasteiger partial charge in [0.05, 0.1) is 19.3 Å². The molecule has 3 rings (SSSR count). The molecule has 3 heterocycles. The predicted octanol–water partition coefficient (Wildman–Crippen LogP) is 0.876. The summed E-state index contributed by atoms with van der Waals surface area (Å²) in [4.78, 5) is 10.8. The number of nitrogens with two attached hydrogens (primary N) is 1. The van der Waals surface area contributed by atoms with Gasteiger partial charge in [-0.2, -0.15) is 5.10 Å². The number of nitrogens with zero attached hydrogens (tertiary/aromatic N) is 5. The van der Waals surface area contributed by atoms with Crippen LogP contribution in [0.25, 0.3) is 5.82 Å². The summed E-state index contributed by atoms with van der Waals surface area (Å²) in [6.45, 7) is 2.99. The fraction of sp³-hybridized carbons (Fsp3) is 0.533. The zero-order valence-electron chi connectivity index (χ0n) is 13.3. The molecule has 1 saturated heterocycles. The van der Waals surface area contributed by atoms with E-state index in [4.69, 9.17) is 15.2 Å². The largest absolute Gasteiger partial charge is 0.393 e. The Bertz CT molecular complexity index is 610. The van der Waals surface area contributed by atoms with Gasteiger partial charge in [0, 0.05) is 32.6 Å². The lowest BCUT2D eigenvalue weighted by molar-refractivity contribution is 0.00605. The van der Waals surface area contributed by atoms with E-state index in [1.165, 1.54) is 6.33 Å². The SMILES string of the molecule is COCCOC1CCN(c2ncnc(-n3cccn3)c2N)CC1. The maximum atomic E-state index is 6.26. The lowest BCUT2D eigenvalue weighted by atomic mass is 10.1. The van der Waals surface area contributed by atoms with E-state index >= 15 is 0 Å². The number of aromatic nitrogens is 4. The van der Waals surface area contributed by atoms with Gasteiger partial charge < -0.3 is 20.1 Å². The summed E-state index contributed by atoms with van der Waals surface area (Å²) in [5.74, 6) is 1.37. The molecule has 2 N–H and O–H groups in total. The number of piperidine rings is 1. The minimum Gasteiger partial charge on any atom is -0.393 e. The van der Waals surface area contributed by atoms with E-state index in [1.54, 1.807) is 18.0 Å². The third-order valence-electron chi connectivity index (χ3n) is 3.95.